The van der Waals surface area contributed by atoms with Crippen molar-refractivity contribution in [1.29, 1.82) is 0 Å². The monoisotopic (exact) mass is 243 g/mol. The smallest absolute Gasteiger partial charge is 0.243 e. The lowest BCUT2D eigenvalue weighted by Gasteiger charge is -2.31. The number of carbonyl (C=O) groups excluding carboxylic acids is 2. The van der Waals surface area contributed by atoms with Crippen LogP contribution in [0.25, 0.3) is 0 Å². The minimum absolute atomic E-state index is 0.121. The van der Waals surface area contributed by atoms with Crippen LogP contribution in [0.4, 0.5) is 0 Å². The second kappa shape index (κ2) is 6.56. The Morgan fingerprint density at radius 2 is 1.88 bits per heavy atom. The number of hydrogen-bond acceptors (Lipinski definition) is 4. The minimum Gasteiger partial charge on any atom is -0.370 e. The molecule has 0 aromatic rings. The summed E-state index contributed by atoms with van der Waals surface area (Å²) < 4.78 is 4.94. The van der Waals surface area contributed by atoms with Crippen molar-refractivity contribution in [3.63, 3.8) is 0 Å². The molecule has 1 aliphatic rings. The highest BCUT2D eigenvalue weighted by Gasteiger charge is 2.34. The zero-order valence-corrected chi connectivity index (χ0v) is 10.0. The highest BCUT2D eigenvalue weighted by molar-refractivity contribution is 5.86. The standard InChI is InChI=1S/C11H21N3O3/c12-9(15)8-17-7-6-14-10(16)11(13)4-2-1-3-5-11/h1-8,13H2,(H2,12,15)(H,14,16). The van der Waals surface area contributed by atoms with Gasteiger partial charge in [0.15, 0.2) is 0 Å². The van der Waals surface area contributed by atoms with E-state index in [0.717, 1.165) is 32.1 Å². The molecule has 0 heterocycles. The zero-order chi connectivity index (χ0) is 12.7. The molecule has 6 nitrogen and oxygen atoms in total. The lowest BCUT2D eigenvalue weighted by atomic mass is 9.82. The first-order chi connectivity index (χ1) is 8.04. The Balaban J connectivity index is 2.17. The van der Waals surface area contributed by atoms with Crippen LogP contribution < -0.4 is 16.8 Å². The van der Waals surface area contributed by atoms with Gasteiger partial charge in [-0.05, 0) is 12.8 Å². The van der Waals surface area contributed by atoms with Crippen LogP contribution in [0.3, 0.4) is 0 Å². The molecule has 1 saturated carbocycles. The Bertz CT molecular complexity index is 275. The number of amides is 2. The molecule has 0 saturated heterocycles. The molecule has 1 aliphatic carbocycles. The molecular formula is C11H21N3O3. The summed E-state index contributed by atoms with van der Waals surface area (Å²) in [4.78, 5) is 22.2. The van der Waals surface area contributed by atoms with E-state index in [1.165, 1.54) is 0 Å². The van der Waals surface area contributed by atoms with Crippen molar-refractivity contribution in [1.82, 2.24) is 5.32 Å². The summed E-state index contributed by atoms with van der Waals surface area (Å²) in [5.41, 5.74) is 10.2. The van der Waals surface area contributed by atoms with E-state index in [-0.39, 0.29) is 19.1 Å². The van der Waals surface area contributed by atoms with Gasteiger partial charge in [-0.1, -0.05) is 19.3 Å². The van der Waals surface area contributed by atoms with Gasteiger partial charge in [-0.2, -0.15) is 0 Å². The number of nitrogens with two attached hydrogens (primary N) is 2. The molecule has 2 amide bonds. The Morgan fingerprint density at radius 3 is 2.47 bits per heavy atom. The largest absolute Gasteiger partial charge is 0.370 e. The lowest BCUT2D eigenvalue weighted by molar-refractivity contribution is -0.127. The summed E-state index contributed by atoms with van der Waals surface area (Å²) >= 11 is 0. The third-order valence-electron chi connectivity index (χ3n) is 2.97. The van der Waals surface area contributed by atoms with E-state index in [1.807, 2.05) is 0 Å². The van der Waals surface area contributed by atoms with Crippen LogP contribution >= 0.6 is 0 Å². The Labute approximate surface area is 101 Å². The molecule has 0 aromatic heterocycles. The van der Waals surface area contributed by atoms with Crippen molar-refractivity contribution in [2.45, 2.75) is 37.6 Å². The summed E-state index contributed by atoms with van der Waals surface area (Å²) in [5.74, 6) is -0.640. The highest BCUT2D eigenvalue weighted by atomic mass is 16.5. The van der Waals surface area contributed by atoms with E-state index in [9.17, 15) is 9.59 Å². The van der Waals surface area contributed by atoms with Crippen LogP contribution in [-0.2, 0) is 14.3 Å². The molecule has 1 rings (SSSR count). The van der Waals surface area contributed by atoms with Crippen LogP contribution in [-0.4, -0.2) is 37.1 Å². The molecule has 0 aliphatic heterocycles. The van der Waals surface area contributed by atoms with Crippen LogP contribution in [0.5, 0.6) is 0 Å². The molecule has 98 valence electrons. The minimum atomic E-state index is -0.720. The van der Waals surface area contributed by atoms with Crippen molar-refractivity contribution in [3.8, 4) is 0 Å². The number of carbonyl (C=O) groups is 2. The van der Waals surface area contributed by atoms with E-state index >= 15 is 0 Å². The maximum absolute atomic E-state index is 11.8. The van der Waals surface area contributed by atoms with Crippen LogP contribution in [0, 0.1) is 0 Å². The summed E-state index contributed by atoms with van der Waals surface area (Å²) in [7, 11) is 0. The second-order valence-corrected chi connectivity index (χ2v) is 4.49. The molecule has 0 unspecified atom stereocenters. The maximum Gasteiger partial charge on any atom is 0.243 e. The Hall–Kier alpha value is -1.14. The number of nitrogens with one attached hydrogen (secondary N) is 1. The third-order valence-corrected chi connectivity index (χ3v) is 2.97. The van der Waals surface area contributed by atoms with Crippen molar-refractivity contribution in [2.24, 2.45) is 11.5 Å². The fourth-order valence-corrected chi connectivity index (χ4v) is 2.00. The summed E-state index contributed by atoms with van der Waals surface area (Å²) in [6.45, 7) is 0.499. The topological polar surface area (TPSA) is 107 Å². The maximum atomic E-state index is 11.8. The SMILES string of the molecule is NC(=O)COCCNC(=O)C1(N)CCCCC1. The van der Waals surface area contributed by atoms with E-state index in [0.29, 0.717) is 6.54 Å². The second-order valence-electron chi connectivity index (χ2n) is 4.49. The third kappa shape index (κ3) is 4.70. The Morgan fingerprint density at radius 1 is 1.24 bits per heavy atom. The quantitative estimate of drug-likeness (QED) is 0.534. The normalized spacial score (nSPS) is 18.6. The highest BCUT2D eigenvalue weighted by Crippen LogP contribution is 2.25. The van der Waals surface area contributed by atoms with E-state index in [2.05, 4.69) is 5.32 Å². The number of primary amides is 1. The first-order valence-electron chi connectivity index (χ1n) is 5.98. The molecule has 0 aromatic carbocycles. The van der Waals surface area contributed by atoms with Crippen LogP contribution in [0.1, 0.15) is 32.1 Å². The molecule has 17 heavy (non-hydrogen) atoms. The summed E-state index contributed by atoms with van der Waals surface area (Å²) in [5, 5.41) is 2.73. The van der Waals surface area contributed by atoms with E-state index < -0.39 is 11.4 Å². The number of rotatable bonds is 6. The lowest BCUT2D eigenvalue weighted by Crippen LogP contribution is -2.55. The van der Waals surface area contributed by atoms with E-state index in [4.69, 9.17) is 16.2 Å². The van der Waals surface area contributed by atoms with Crippen molar-refractivity contribution in [3.05, 3.63) is 0 Å². The molecule has 6 heteroatoms. The van der Waals surface area contributed by atoms with Crippen molar-refractivity contribution < 1.29 is 14.3 Å². The van der Waals surface area contributed by atoms with Gasteiger partial charge in [-0.3, -0.25) is 9.59 Å². The van der Waals surface area contributed by atoms with Gasteiger partial charge >= 0.3 is 0 Å². The van der Waals surface area contributed by atoms with Crippen LogP contribution in [0.2, 0.25) is 0 Å². The Kier molecular flexibility index (Phi) is 5.37. The fourth-order valence-electron chi connectivity index (χ4n) is 2.00. The average Bonchev–Trinajstić information content (AvgIpc) is 2.29. The van der Waals surface area contributed by atoms with Gasteiger partial charge in [0.25, 0.3) is 0 Å². The van der Waals surface area contributed by atoms with Gasteiger partial charge in [0.2, 0.25) is 11.8 Å². The molecule has 0 spiro atoms. The van der Waals surface area contributed by atoms with Gasteiger partial charge in [0, 0.05) is 6.54 Å². The van der Waals surface area contributed by atoms with Gasteiger partial charge < -0.3 is 21.5 Å². The van der Waals surface area contributed by atoms with Gasteiger partial charge in [0.1, 0.15) is 6.61 Å². The predicted molar refractivity (Wildman–Crippen MR) is 63.0 cm³/mol. The van der Waals surface area contributed by atoms with Crippen LogP contribution in [0.15, 0.2) is 0 Å². The molecule has 0 radical (unpaired) electrons. The van der Waals surface area contributed by atoms with Crippen molar-refractivity contribution >= 4 is 11.8 Å². The van der Waals surface area contributed by atoms with Gasteiger partial charge in [-0.15, -0.1) is 0 Å². The first kappa shape index (κ1) is 13.9. The van der Waals surface area contributed by atoms with Gasteiger partial charge in [-0.25, -0.2) is 0 Å². The van der Waals surface area contributed by atoms with Gasteiger partial charge in [0.05, 0.1) is 12.1 Å². The molecule has 1 fully saturated rings. The zero-order valence-electron chi connectivity index (χ0n) is 10.0. The number of ether oxygens (including phenoxy) is 1. The van der Waals surface area contributed by atoms with Crippen molar-refractivity contribution in [2.75, 3.05) is 19.8 Å². The molecule has 0 atom stereocenters. The summed E-state index contributed by atoms with van der Waals surface area (Å²) in [6.07, 6.45) is 4.63. The first-order valence-corrected chi connectivity index (χ1v) is 5.98. The molecular weight excluding hydrogens is 222 g/mol. The average molecular weight is 243 g/mol. The molecule has 5 N–H and O–H groups in total. The number of hydrogen-bond donors (Lipinski definition) is 3. The predicted octanol–water partition coefficient (Wildman–Crippen LogP) is -0.734. The fraction of sp³-hybridized carbons (Fsp3) is 0.818. The van der Waals surface area contributed by atoms with E-state index in [1.54, 1.807) is 0 Å². The summed E-state index contributed by atoms with van der Waals surface area (Å²) in [6, 6.07) is 0. The molecule has 0 bridgehead atoms.